The summed E-state index contributed by atoms with van der Waals surface area (Å²) in [5.41, 5.74) is 1.27. The quantitative estimate of drug-likeness (QED) is 0.826. The molecule has 6 heteroatoms. The number of benzene rings is 1. The number of rotatable bonds is 6. The summed E-state index contributed by atoms with van der Waals surface area (Å²) >= 11 is 3.35. The topological polar surface area (TPSA) is 71.3 Å². The van der Waals surface area contributed by atoms with Crippen molar-refractivity contribution in [1.82, 2.24) is 9.88 Å². The molecule has 0 radical (unpaired) electrons. The third kappa shape index (κ3) is 3.98. The number of carboxylic acid groups (broad SMARTS) is 1. The molecular formula is C16H17BrN2O3. The van der Waals surface area contributed by atoms with E-state index in [1.54, 1.807) is 6.07 Å². The monoisotopic (exact) mass is 364 g/mol. The van der Waals surface area contributed by atoms with E-state index in [0.29, 0.717) is 12.2 Å². The third-order valence-corrected chi connectivity index (χ3v) is 3.76. The van der Waals surface area contributed by atoms with Gasteiger partial charge in [0.25, 0.3) is 5.91 Å². The number of aliphatic carboxylic acids is 1. The van der Waals surface area contributed by atoms with Gasteiger partial charge < -0.3 is 15.0 Å². The number of carboxylic acids is 1. The maximum Gasteiger partial charge on any atom is 0.305 e. The van der Waals surface area contributed by atoms with Crippen LogP contribution in [0, 0.1) is 0 Å². The van der Waals surface area contributed by atoms with Crippen molar-refractivity contribution in [2.24, 2.45) is 0 Å². The minimum atomic E-state index is -0.957. The number of hydrogen-bond acceptors (Lipinski definition) is 2. The molecule has 2 aromatic rings. The Bertz CT molecular complexity index is 667. The highest BCUT2D eigenvalue weighted by atomic mass is 79.9. The van der Waals surface area contributed by atoms with Gasteiger partial charge in [-0.2, -0.15) is 0 Å². The number of carbonyl (C=O) groups is 2. The lowest BCUT2D eigenvalue weighted by Crippen LogP contribution is -2.31. The molecule has 0 saturated heterocycles. The standard InChI is InChI=1S/C16H17BrN2O3/c1-2-19-10-12(17)8-14(19)16(22)18-13(9-15(20)21)11-6-4-3-5-7-11/h3-8,10,13H,2,9H2,1H3,(H,18,22)(H,20,21). The summed E-state index contributed by atoms with van der Waals surface area (Å²) in [6, 6.07) is 10.3. The average molecular weight is 365 g/mol. The summed E-state index contributed by atoms with van der Waals surface area (Å²) in [4.78, 5) is 23.5. The molecule has 0 saturated carbocycles. The lowest BCUT2D eigenvalue weighted by atomic mass is 10.0. The van der Waals surface area contributed by atoms with Gasteiger partial charge in [-0.1, -0.05) is 30.3 Å². The molecule has 1 aromatic carbocycles. The fourth-order valence-corrected chi connectivity index (χ4v) is 2.74. The molecule has 5 nitrogen and oxygen atoms in total. The van der Waals surface area contributed by atoms with Gasteiger partial charge >= 0.3 is 5.97 Å². The molecule has 1 unspecified atom stereocenters. The van der Waals surface area contributed by atoms with Crippen LogP contribution in [0.4, 0.5) is 0 Å². The number of nitrogens with one attached hydrogen (secondary N) is 1. The largest absolute Gasteiger partial charge is 0.481 e. The third-order valence-electron chi connectivity index (χ3n) is 3.32. The summed E-state index contributed by atoms with van der Waals surface area (Å²) < 4.78 is 2.62. The molecule has 22 heavy (non-hydrogen) atoms. The molecule has 0 aliphatic rings. The molecule has 116 valence electrons. The molecular weight excluding hydrogens is 348 g/mol. The first-order valence-corrected chi connectivity index (χ1v) is 7.73. The molecule has 0 bridgehead atoms. The Morgan fingerprint density at radius 1 is 1.32 bits per heavy atom. The summed E-state index contributed by atoms with van der Waals surface area (Å²) in [6.45, 7) is 2.60. The van der Waals surface area contributed by atoms with Crippen LogP contribution in [-0.2, 0) is 11.3 Å². The highest BCUT2D eigenvalue weighted by Crippen LogP contribution is 2.19. The smallest absolute Gasteiger partial charge is 0.305 e. The van der Waals surface area contributed by atoms with E-state index in [9.17, 15) is 9.59 Å². The second kappa shape index (κ2) is 7.26. The first kappa shape index (κ1) is 16.3. The zero-order valence-corrected chi connectivity index (χ0v) is 13.7. The molecule has 0 fully saturated rings. The van der Waals surface area contributed by atoms with Crippen molar-refractivity contribution in [3.8, 4) is 0 Å². The summed E-state index contributed by atoms with van der Waals surface area (Å²) in [7, 11) is 0. The average Bonchev–Trinajstić information content (AvgIpc) is 2.88. The predicted molar refractivity (Wildman–Crippen MR) is 86.7 cm³/mol. The first-order chi connectivity index (χ1) is 10.5. The number of nitrogens with zero attached hydrogens (tertiary/aromatic N) is 1. The van der Waals surface area contributed by atoms with Crippen molar-refractivity contribution in [2.45, 2.75) is 25.9 Å². The first-order valence-electron chi connectivity index (χ1n) is 6.94. The van der Waals surface area contributed by atoms with Gasteiger partial charge in [0.05, 0.1) is 12.5 Å². The number of carbonyl (C=O) groups excluding carboxylic acids is 1. The van der Waals surface area contributed by atoms with Crippen molar-refractivity contribution in [1.29, 1.82) is 0 Å². The maximum atomic E-state index is 12.5. The second-order valence-electron chi connectivity index (χ2n) is 4.86. The molecule has 2 N–H and O–H groups in total. The van der Waals surface area contributed by atoms with E-state index in [0.717, 1.165) is 10.0 Å². The SMILES string of the molecule is CCn1cc(Br)cc1C(=O)NC(CC(=O)O)c1ccccc1. The van der Waals surface area contributed by atoms with E-state index >= 15 is 0 Å². The molecule has 1 amide bonds. The van der Waals surface area contributed by atoms with Gasteiger partial charge in [-0.3, -0.25) is 9.59 Å². The molecule has 0 spiro atoms. The van der Waals surface area contributed by atoms with Crippen LogP contribution in [0.2, 0.25) is 0 Å². The number of halogens is 1. The van der Waals surface area contributed by atoms with E-state index in [1.165, 1.54) is 0 Å². The molecule has 0 aliphatic carbocycles. The minimum Gasteiger partial charge on any atom is -0.481 e. The second-order valence-corrected chi connectivity index (χ2v) is 5.78. The molecule has 2 rings (SSSR count). The van der Waals surface area contributed by atoms with Crippen LogP contribution >= 0.6 is 15.9 Å². The van der Waals surface area contributed by atoms with Gasteiger partial charge in [0.15, 0.2) is 0 Å². The predicted octanol–water partition coefficient (Wildman–Crippen LogP) is 3.22. The van der Waals surface area contributed by atoms with Crippen LogP contribution in [0.3, 0.4) is 0 Å². The van der Waals surface area contributed by atoms with Crippen molar-refractivity contribution < 1.29 is 14.7 Å². The van der Waals surface area contributed by atoms with Gasteiger partial charge in [0.2, 0.25) is 0 Å². The van der Waals surface area contributed by atoms with Crippen LogP contribution in [-0.4, -0.2) is 21.6 Å². The van der Waals surface area contributed by atoms with Crippen LogP contribution in [0.25, 0.3) is 0 Å². The molecule has 1 atom stereocenters. The maximum absolute atomic E-state index is 12.5. The number of hydrogen-bond donors (Lipinski definition) is 2. The van der Waals surface area contributed by atoms with Gasteiger partial charge in [-0.15, -0.1) is 0 Å². The molecule has 1 aromatic heterocycles. The Morgan fingerprint density at radius 3 is 2.59 bits per heavy atom. The lowest BCUT2D eigenvalue weighted by molar-refractivity contribution is -0.137. The van der Waals surface area contributed by atoms with Crippen molar-refractivity contribution in [3.63, 3.8) is 0 Å². The Morgan fingerprint density at radius 2 is 2.00 bits per heavy atom. The summed E-state index contributed by atoms with van der Waals surface area (Å²) in [6.07, 6.45) is 1.66. The minimum absolute atomic E-state index is 0.163. The van der Waals surface area contributed by atoms with Gasteiger partial charge in [0.1, 0.15) is 5.69 Å². The van der Waals surface area contributed by atoms with Crippen LogP contribution in [0.15, 0.2) is 47.1 Å². The van der Waals surface area contributed by atoms with Crippen molar-refractivity contribution in [2.75, 3.05) is 0 Å². The van der Waals surface area contributed by atoms with Gasteiger partial charge in [0, 0.05) is 17.2 Å². The zero-order chi connectivity index (χ0) is 16.1. The van der Waals surface area contributed by atoms with Crippen LogP contribution < -0.4 is 5.32 Å². The fraction of sp³-hybridized carbons (Fsp3) is 0.250. The molecule has 0 aliphatic heterocycles. The van der Waals surface area contributed by atoms with Crippen LogP contribution in [0.5, 0.6) is 0 Å². The van der Waals surface area contributed by atoms with E-state index in [1.807, 2.05) is 48.0 Å². The fourth-order valence-electron chi connectivity index (χ4n) is 2.27. The van der Waals surface area contributed by atoms with Crippen molar-refractivity contribution >= 4 is 27.8 Å². The Kier molecular flexibility index (Phi) is 5.38. The normalized spacial score (nSPS) is 11.9. The number of aryl methyl sites for hydroxylation is 1. The highest BCUT2D eigenvalue weighted by molar-refractivity contribution is 9.10. The van der Waals surface area contributed by atoms with Gasteiger partial charge in [-0.05, 0) is 34.5 Å². The zero-order valence-electron chi connectivity index (χ0n) is 12.1. The van der Waals surface area contributed by atoms with E-state index in [4.69, 9.17) is 5.11 Å². The van der Waals surface area contributed by atoms with E-state index in [2.05, 4.69) is 21.2 Å². The van der Waals surface area contributed by atoms with Crippen molar-refractivity contribution in [3.05, 3.63) is 58.3 Å². The summed E-state index contributed by atoms with van der Waals surface area (Å²) in [5, 5.41) is 11.9. The van der Waals surface area contributed by atoms with Crippen LogP contribution in [0.1, 0.15) is 35.4 Å². The van der Waals surface area contributed by atoms with Gasteiger partial charge in [-0.25, -0.2) is 0 Å². The summed E-state index contributed by atoms with van der Waals surface area (Å²) in [5.74, 6) is -1.25. The Balaban J connectivity index is 2.23. The number of amides is 1. The van der Waals surface area contributed by atoms with E-state index < -0.39 is 12.0 Å². The molecule has 1 heterocycles. The Hall–Kier alpha value is -2.08. The number of aromatic nitrogens is 1. The lowest BCUT2D eigenvalue weighted by Gasteiger charge is -2.18. The highest BCUT2D eigenvalue weighted by Gasteiger charge is 2.20. The Labute approximate surface area is 137 Å². The van der Waals surface area contributed by atoms with E-state index in [-0.39, 0.29) is 12.3 Å².